The summed E-state index contributed by atoms with van der Waals surface area (Å²) in [6, 6.07) is 17.0. The van der Waals surface area contributed by atoms with Gasteiger partial charge >= 0.3 is 0 Å². The Morgan fingerprint density at radius 2 is 1.83 bits per heavy atom. The summed E-state index contributed by atoms with van der Waals surface area (Å²) in [5.41, 5.74) is 4.22. The summed E-state index contributed by atoms with van der Waals surface area (Å²) in [6.45, 7) is 4.63. The third kappa shape index (κ3) is 4.04. The summed E-state index contributed by atoms with van der Waals surface area (Å²) in [5, 5.41) is 2.79. The van der Waals surface area contributed by atoms with E-state index in [1.165, 1.54) is 17.4 Å². The number of carbonyl (C=O) groups excluding carboxylic acids is 1. The number of amides is 1. The average molecular weight is 321 g/mol. The zero-order chi connectivity index (χ0) is 16.9. The van der Waals surface area contributed by atoms with E-state index in [0.717, 1.165) is 5.56 Å². The highest BCUT2D eigenvalue weighted by atomic mass is 16.5. The van der Waals surface area contributed by atoms with Gasteiger partial charge in [0.05, 0.1) is 6.26 Å². The molecular formula is C20H19NO3. The van der Waals surface area contributed by atoms with Gasteiger partial charge in [-0.2, -0.15) is 0 Å². The summed E-state index contributed by atoms with van der Waals surface area (Å²) in [6.07, 6.45) is 1.47. The molecule has 0 radical (unpaired) electrons. The van der Waals surface area contributed by atoms with Crippen LogP contribution in [0.4, 0.5) is 5.69 Å². The van der Waals surface area contributed by atoms with Gasteiger partial charge in [0, 0.05) is 11.8 Å². The minimum Gasteiger partial charge on any atom is -0.489 e. The molecule has 0 aliphatic rings. The van der Waals surface area contributed by atoms with Gasteiger partial charge in [-0.3, -0.25) is 4.79 Å². The van der Waals surface area contributed by atoms with Crippen LogP contribution in [0.3, 0.4) is 0 Å². The van der Waals surface area contributed by atoms with Crippen molar-refractivity contribution in [1.82, 2.24) is 0 Å². The van der Waals surface area contributed by atoms with E-state index in [0.29, 0.717) is 18.0 Å². The molecule has 3 aromatic rings. The smallest absolute Gasteiger partial charge is 0.291 e. The molecule has 0 aliphatic heterocycles. The molecule has 3 rings (SSSR count). The van der Waals surface area contributed by atoms with Gasteiger partial charge in [-0.1, -0.05) is 35.4 Å². The maximum atomic E-state index is 12.0. The average Bonchev–Trinajstić information content (AvgIpc) is 3.07. The third-order valence-electron chi connectivity index (χ3n) is 3.52. The Hall–Kier alpha value is -3.01. The minimum atomic E-state index is -0.286. The van der Waals surface area contributed by atoms with Gasteiger partial charge in [-0.05, 0) is 43.7 Å². The molecule has 2 aromatic carbocycles. The summed E-state index contributed by atoms with van der Waals surface area (Å²) in [5.74, 6) is 0.689. The lowest BCUT2D eigenvalue weighted by Gasteiger charge is -2.10. The highest BCUT2D eigenvalue weighted by Gasteiger charge is 2.09. The van der Waals surface area contributed by atoms with Gasteiger partial charge in [0.25, 0.3) is 5.91 Å². The van der Waals surface area contributed by atoms with Crippen molar-refractivity contribution in [3.8, 4) is 5.75 Å². The molecule has 0 saturated heterocycles. The second-order valence-electron chi connectivity index (χ2n) is 5.74. The predicted molar refractivity (Wildman–Crippen MR) is 93.4 cm³/mol. The van der Waals surface area contributed by atoms with Crippen LogP contribution in [0.2, 0.25) is 0 Å². The zero-order valence-corrected chi connectivity index (χ0v) is 13.7. The largest absolute Gasteiger partial charge is 0.489 e. The summed E-state index contributed by atoms with van der Waals surface area (Å²) < 4.78 is 10.9. The van der Waals surface area contributed by atoms with Crippen LogP contribution in [0.25, 0.3) is 0 Å². The molecule has 0 spiro atoms. The lowest BCUT2D eigenvalue weighted by molar-refractivity contribution is 0.0996. The predicted octanol–water partition coefficient (Wildman–Crippen LogP) is 4.73. The summed E-state index contributed by atoms with van der Waals surface area (Å²) in [7, 11) is 0. The van der Waals surface area contributed by atoms with E-state index in [-0.39, 0.29) is 11.7 Å². The van der Waals surface area contributed by atoms with Crippen LogP contribution in [0, 0.1) is 13.8 Å². The van der Waals surface area contributed by atoms with E-state index in [1.54, 1.807) is 18.2 Å². The topological polar surface area (TPSA) is 51.5 Å². The van der Waals surface area contributed by atoms with E-state index in [2.05, 4.69) is 37.4 Å². The number of carbonyl (C=O) groups is 1. The molecule has 0 aliphatic carbocycles. The Kier molecular flexibility index (Phi) is 4.66. The van der Waals surface area contributed by atoms with Gasteiger partial charge in [0.2, 0.25) is 0 Å². The standard InChI is InChI=1S/C20H19NO3/c1-14-9-15(2)11-16(10-14)13-24-18-6-3-5-17(12-18)21-20(22)19-7-4-8-23-19/h3-12H,13H2,1-2H3,(H,21,22). The molecule has 1 amide bonds. The van der Waals surface area contributed by atoms with Crippen molar-refractivity contribution in [2.24, 2.45) is 0 Å². The number of anilines is 1. The first kappa shape index (κ1) is 15.9. The van der Waals surface area contributed by atoms with Crippen LogP contribution >= 0.6 is 0 Å². The lowest BCUT2D eigenvalue weighted by atomic mass is 10.1. The van der Waals surface area contributed by atoms with Crippen LogP contribution < -0.4 is 10.1 Å². The summed E-state index contributed by atoms with van der Waals surface area (Å²) in [4.78, 5) is 12.0. The number of benzene rings is 2. The van der Waals surface area contributed by atoms with Crippen molar-refractivity contribution in [3.63, 3.8) is 0 Å². The number of hydrogen-bond donors (Lipinski definition) is 1. The van der Waals surface area contributed by atoms with Crippen LogP contribution in [-0.2, 0) is 6.61 Å². The van der Waals surface area contributed by atoms with Crippen molar-refractivity contribution >= 4 is 11.6 Å². The maximum Gasteiger partial charge on any atom is 0.291 e. The Balaban J connectivity index is 1.65. The normalized spacial score (nSPS) is 10.4. The fourth-order valence-electron chi connectivity index (χ4n) is 2.58. The second-order valence-corrected chi connectivity index (χ2v) is 5.74. The molecule has 0 unspecified atom stereocenters. The highest BCUT2D eigenvalue weighted by Crippen LogP contribution is 2.20. The Labute approximate surface area is 141 Å². The Morgan fingerprint density at radius 1 is 1.04 bits per heavy atom. The Morgan fingerprint density at radius 3 is 2.54 bits per heavy atom. The fourth-order valence-corrected chi connectivity index (χ4v) is 2.58. The monoisotopic (exact) mass is 321 g/mol. The van der Waals surface area contributed by atoms with E-state index in [9.17, 15) is 4.79 Å². The number of rotatable bonds is 5. The first-order chi connectivity index (χ1) is 11.6. The van der Waals surface area contributed by atoms with E-state index in [1.807, 2.05) is 18.2 Å². The summed E-state index contributed by atoms with van der Waals surface area (Å²) >= 11 is 0. The van der Waals surface area contributed by atoms with Crippen molar-refractivity contribution in [2.75, 3.05) is 5.32 Å². The molecule has 1 aromatic heterocycles. The first-order valence-electron chi connectivity index (χ1n) is 7.75. The van der Waals surface area contributed by atoms with E-state index < -0.39 is 0 Å². The third-order valence-corrected chi connectivity index (χ3v) is 3.52. The number of nitrogens with one attached hydrogen (secondary N) is 1. The van der Waals surface area contributed by atoms with Crippen LogP contribution in [0.1, 0.15) is 27.2 Å². The van der Waals surface area contributed by atoms with Gasteiger partial charge in [0.1, 0.15) is 12.4 Å². The lowest BCUT2D eigenvalue weighted by Crippen LogP contribution is -2.10. The van der Waals surface area contributed by atoms with Crippen molar-refractivity contribution in [3.05, 3.63) is 83.3 Å². The quantitative estimate of drug-likeness (QED) is 0.739. The van der Waals surface area contributed by atoms with Crippen LogP contribution in [0.5, 0.6) is 5.75 Å². The van der Waals surface area contributed by atoms with Crippen molar-refractivity contribution in [1.29, 1.82) is 0 Å². The number of aryl methyl sites for hydroxylation is 2. The molecule has 1 heterocycles. The molecule has 4 heteroatoms. The first-order valence-corrected chi connectivity index (χ1v) is 7.75. The molecule has 24 heavy (non-hydrogen) atoms. The molecule has 4 nitrogen and oxygen atoms in total. The van der Waals surface area contributed by atoms with Gasteiger partial charge in [-0.15, -0.1) is 0 Å². The number of hydrogen-bond acceptors (Lipinski definition) is 3. The minimum absolute atomic E-state index is 0.275. The maximum absolute atomic E-state index is 12.0. The van der Waals surface area contributed by atoms with E-state index >= 15 is 0 Å². The fraction of sp³-hybridized carbons (Fsp3) is 0.150. The van der Waals surface area contributed by atoms with Gasteiger partial charge in [0.15, 0.2) is 5.76 Å². The molecule has 1 N–H and O–H groups in total. The Bertz CT molecular complexity index is 818. The van der Waals surface area contributed by atoms with Crippen molar-refractivity contribution in [2.45, 2.75) is 20.5 Å². The number of ether oxygens (including phenoxy) is 1. The van der Waals surface area contributed by atoms with Crippen LogP contribution in [-0.4, -0.2) is 5.91 Å². The number of furan rings is 1. The zero-order valence-electron chi connectivity index (χ0n) is 13.7. The van der Waals surface area contributed by atoms with Gasteiger partial charge in [-0.25, -0.2) is 0 Å². The second kappa shape index (κ2) is 7.04. The molecule has 0 atom stereocenters. The molecule has 0 fully saturated rings. The van der Waals surface area contributed by atoms with E-state index in [4.69, 9.17) is 9.15 Å². The molecule has 122 valence electrons. The molecular weight excluding hydrogens is 302 g/mol. The van der Waals surface area contributed by atoms with Crippen LogP contribution in [0.15, 0.2) is 65.3 Å². The highest BCUT2D eigenvalue weighted by molar-refractivity contribution is 6.02. The molecule has 0 saturated carbocycles. The molecule has 0 bridgehead atoms. The van der Waals surface area contributed by atoms with Gasteiger partial charge < -0.3 is 14.5 Å². The van der Waals surface area contributed by atoms with Crippen molar-refractivity contribution < 1.29 is 13.9 Å². The SMILES string of the molecule is Cc1cc(C)cc(COc2cccc(NC(=O)c3ccco3)c2)c1.